The number of rotatable bonds is 10. The van der Waals surface area contributed by atoms with Crippen molar-refractivity contribution in [2.24, 2.45) is 0 Å². The van der Waals surface area contributed by atoms with E-state index in [4.69, 9.17) is 18.9 Å². The summed E-state index contributed by atoms with van der Waals surface area (Å²) >= 11 is 0. The smallest absolute Gasteiger partial charge is 0.333 e. The first kappa shape index (κ1) is 18.4. The molecule has 1 rings (SSSR count). The van der Waals surface area contributed by atoms with Gasteiger partial charge in [0.05, 0.1) is 6.61 Å². The van der Waals surface area contributed by atoms with Crippen LogP contribution in [0.4, 0.5) is 0 Å². The van der Waals surface area contributed by atoms with Crippen molar-refractivity contribution < 1.29 is 28.5 Å². The SMILES string of the molecule is C=CC(=O)OC(COCCOC(=O)C(=C)C)Oc1ccccc1. The van der Waals surface area contributed by atoms with E-state index >= 15 is 0 Å². The molecule has 0 bridgehead atoms. The number of carbonyl (C=O) groups is 2. The minimum absolute atomic E-state index is 0.0148. The summed E-state index contributed by atoms with van der Waals surface area (Å²) < 4.78 is 20.7. The maximum Gasteiger partial charge on any atom is 0.333 e. The molecule has 0 heterocycles. The van der Waals surface area contributed by atoms with Crippen molar-refractivity contribution in [1.82, 2.24) is 0 Å². The van der Waals surface area contributed by atoms with Gasteiger partial charge in [-0.05, 0) is 19.1 Å². The van der Waals surface area contributed by atoms with E-state index < -0.39 is 18.2 Å². The number of carbonyl (C=O) groups excluding carboxylic acids is 2. The quantitative estimate of drug-likeness (QED) is 0.285. The van der Waals surface area contributed by atoms with E-state index in [1.807, 2.05) is 6.07 Å². The van der Waals surface area contributed by atoms with E-state index in [2.05, 4.69) is 13.2 Å². The van der Waals surface area contributed by atoms with Gasteiger partial charge in [-0.1, -0.05) is 31.4 Å². The van der Waals surface area contributed by atoms with Crippen LogP contribution in [0.2, 0.25) is 0 Å². The number of benzene rings is 1. The molecule has 0 aromatic heterocycles. The van der Waals surface area contributed by atoms with Crippen LogP contribution < -0.4 is 4.74 Å². The Morgan fingerprint density at radius 1 is 1.22 bits per heavy atom. The van der Waals surface area contributed by atoms with Crippen molar-refractivity contribution in [3.63, 3.8) is 0 Å². The molecular formula is C17H20O6. The van der Waals surface area contributed by atoms with E-state index in [0.717, 1.165) is 6.08 Å². The zero-order valence-electron chi connectivity index (χ0n) is 13.0. The molecule has 0 fully saturated rings. The number of esters is 2. The lowest BCUT2D eigenvalue weighted by atomic mass is 10.3. The number of para-hydroxylation sites is 1. The van der Waals surface area contributed by atoms with Crippen molar-refractivity contribution >= 4 is 11.9 Å². The zero-order valence-corrected chi connectivity index (χ0v) is 13.0. The molecule has 0 amide bonds. The van der Waals surface area contributed by atoms with Crippen LogP contribution in [0.15, 0.2) is 55.1 Å². The Morgan fingerprint density at radius 2 is 1.91 bits per heavy atom. The van der Waals surface area contributed by atoms with Crippen LogP contribution in [0, 0.1) is 0 Å². The van der Waals surface area contributed by atoms with Crippen LogP contribution in [0.3, 0.4) is 0 Å². The van der Waals surface area contributed by atoms with E-state index in [1.165, 1.54) is 0 Å². The van der Waals surface area contributed by atoms with Crippen molar-refractivity contribution in [2.45, 2.75) is 13.2 Å². The molecule has 6 nitrogen and oxygen atoms in total. The molecule has 0 N–H and O–H groups in total. The predicted molar refractivity (Wildman–Crippen MR) is 83.7 cm³/mol. The van der Waals surface area contributed by atoms with Crippen molar-refractivity contribution in [1.29, 1.82) is 0 Å². The molecule has 1 unspecified atom stereocenters. The molecule has 6 heteroatoms. The van der Waals surface area contributed by atoms with Gasteiger partial charge in [0.2, 0.25) is 0 Å². The van der Waals surface area contributed by atoms with Gasteiger partial charge in [0.15, 0.2) is 0 Å². The topological polar surface area (TPSA) is 71.1 Å². The van der Waals surface area contributed by atoms with Gasteiger partial charge in [0.1, 0.15) is 19.0 Å². The lowest BCUT2D eigenvalue weighted by Gasteiger charge is -2.18. The Kier molecular flexibility index (Phi) is 8.17. The average Bonchev–Trinajstić information content (AvgIpc) is 2.54. The molecule has 23 heavy (non-hydrogen) atoms. The molecule has 0 radical (unpaired) electrons. The standard InChI is InChI=1S/C17H20O6/c1-4-15(18)23-16(22-14-8-6-5-7-9-14)12-20-10-11-21-17(19)13(2)3/h4-9,16H,1-2,10-12H2,3H3. The maximum absolute atomic E-state index is 11.3. The van der Waals surface area contributed by atoms with Gasteiger partial charge < -0.3 is 18.9 Å². The monoisotopic (exact) mass is 320 g/mol. The molecule has 0 saturated heterocycles. The van der Waals surface area contributed by atoms with E-state index in [-0.39, 0.29) is 19.8 Å². The molecule has 0 aliphatic heterocycles. The van der Waals surface area contributed by atoms with Crippen LogP contribution in [-0.4, -0.2) is 38.0 Å². The third kappa shape index (κ3) is 7.82. The highest BCUT2D eigenvalue weighted by atomic mass is 16.7. The third-order valence-corrected chi connectivity index (χ3v) is 2.49. The molecule has 0 spiro atoms. The van der Waals surface area contributed by atoms with Crippen LogP contribution in [0.25, 0.3) is 0 Å². The van der Waals surface area contributed by atoms with Gasteiger partial charge >= 0.3 is 11.9 Å². The summed E-state index contributed by atoms with van der Waals surface area (Å²) in [5, 5.41) is 0. The van der Waals surface area contributed by atoms with Gasteiger partial charge in [0, 0.05) is 11.6 Å². The van der Waals surface area contributed by atoms with Gasteiger partial charge in [-0.25, -0.2) is 9.59 Å². The van der Waals surface area contributed by atoms with Gasteiger partial charge in [-0.15, -0.1) is 0 Å². The Labute approximate surface area is 135 Å². The van der Waals surface area contributed by atoms with E-state index in [0.29, 0.717) is 11.3 Å². The summed E-state index contributed by atoms with van der Waals surface area (Å²) in [6.07, 6.45) is 0.107. The summed E-state index contributed by atoms with van der Waals surface area (Å²) in [6, 6.07) is 8.87. The largest absolute Gasteiger partial charge is 0.460 e. The van der Waals surface area contributed by atoms with Gasteiger partial charge in [-0.3, -0.25) is 0 Å². The fraction of sp³-hybridized carbons (Fsp3) is 0.294. The molecule has 0 aliphatic rings. The Balaban J connectivity index is 2.40. The average molecular weight is 320 g/mol. The minimum Gasteiger partial charge on any atom is -0.460 e. The number of hydrogen-bond acceptors (Lipinski definition) is 6. The lowest BCUT2D eigenvalue weighted by Crippen LogP contribution is -2.29. The summed E-state index contributed by atoms with van der Waals surface area (Å²) in [6.45, 7) is 8.55. The van der Waals surface area contributed by atoms with Crippen LogP contribution in [-0.2, 0) is 23.8 Å². The first-order valence-electron chi connectivity index (χ1n) is 6.98. The highest BCUT2D eigenvalue weighted by molar-refractivity contribution is 5.86. The summed E-state index contributed by atoms with van der Waals surface area (Å²) in [5.41, 5.74) is 0.315. The second-order valence-electron chi connectivity index (χ2n) is 4.49. The molecular weight excluding hydrogens is 300 g/mol. The number of ether oxygens (including phenoxy) is 4. The highest BCUT2D eigenvalue weighted by Crippen LogP contribution is 2.12. The molecule has 1 aromatic carbocycles. The summed E-state index contributed by atoms with van der Waals surface area (Å²) in [7, 11) is 0. The maximum atomic E-state index is 11.3. The predicted octanol–water partition coefficient (Wildman–Crippen LogP) is 2.26. The van der Waals surface area contributed by atoms with Crippen LogP contribution >= 0.6 is 0 Å². The number of hydrogen-bond donors (Lipinski definition) is 0. The molecule has 1 atom stereocenters. The molecule has 0 aliphatic carbocycles. The highest BCUT2D eigenvalue weighted by Gasteiger charge is 2.15. The first-order chi connectivity index (χ1) is 11.0. The van der Waals surface area contributed by atoms with E-state index in [1.54, 1.807) is 31.2 Å². The summed E-state index contributed by atoms with van der Waals surface area (Å²) in [5.74, 6) is -0.571. The van der Waals surface area contributed by atoms with Crippen molar-refractivity contribution in [3.8, 4) is 5.75 Å². The fourth-order valence-corrected chi connectivity index (χ4v) is 1.42. The Bertz CT molecular complexity index is 537. The Hall–Kier alpha value is -2.60. The normalized spacial score (nSPS) is 11.2. The third-order valence-electron chi connectivity index (χ3n) is 2.49. The van der Waals surface area contributed by atoms with Gasteiger partial charge in [-0.2, -0.15) is 0 Å². The Morgan fingerprint density at radius 3 is 2.52 bits per heavy atom. The first-order valence-corrected chi connectivity index (χ1v) is 6.98. The van der Waals surface area contributed by atoms with Crippen LogP contribution in [0.1, 0.15) is 6.92 Å². The van der Waals surface area contributed by atoms with E-state index in [9.17, 15) is 9.59 Å². The lowest BCUT2D eigenvalue weighted by molar-refractivity contribution is -0.166. The summed E-state index contributed by atoms with van der Waals surface area (Å²) in [4.78, 5) is 22.5. The fourth-order valence-electron chi connectivity index (χ4n) is 1.42. The van der Waals surface area contributed by atoms with Crippen molar-refractivity contribution in [3.05, 3.63) is 55.1 Å². The van der Waals surface area contributed by atoms with Gasteiger partial charge in [0.25, 0.3) is 6.29 Å². The molecule has 1 aromatic rings. The molecule has 0 saturated carbocycles. The molecule has 124 valence electrons. The second-order valence-corrected chi connectivity index (χ2v) is 4.49. The second kappa shape index (κ2) is 10.2. The van der Waals surface area contributed by atoms with Crippen LogP contribution in [0.5, 0.6) is 5.75 Å². The van der Waals surface area contributed by atoms with Crippen molar-refractivity contribution in [2.75, 3.05) is 19.8 Å². The minimum atomic E-state index is -0.931. The zero-order chi connectivity index (χ0) is 17.1.